The maximum atomic E-state index is 12.9. The van der Waals surface area contributed by atoms with E-state index in [0.29, 0.717) is 6.54 Å². The molecule has 5 nitrogen and oxygen atoms in total. The van der Waals surface area contributed by atoms with Gasteiger partial charge in [0.15, 0.2) is 0 Å². The Morgan fingerprint density at radius 2 is 1.18 bits per heavy atom. The summed E-state index contributed by atoms with van der Waals surface area (Å²) in [6, 6.07) is 19.1. The zero-order valence-electron chi connectivity index (χ0n) is 24.7. The zero-order valence-corrected chi connectivity index (χ0v) is 24.7. The Kier molecular flexibility index (Phi) is 14.2. The highest BCUT2D eigenvalue weighted by molar-refractivity contribution is 5.96. The molecule has 0 unspecified atom stereocenters. The Morgan fingerprint density at radius 3 is 1.82 bits per heavy atom. The number of carbonyl (C=O) groups excluding carboxylic acids is 2. The van der Waals surface area contributed by atoms with E-state index in [-0.39, 0.29) is 29.2 Å². The molecule has 1 aromatic heterocycles. The summed E-state index contributed by atoms with van der Waals surface area (Å²) in [4.78, 5) is 29.9. The van der Waals surface area contributed by atoms with Crippen molar-refractivity contribution in [2.45, 2.75) is 110 Å². The van der Waals surface area contributed by atoms with E-state index in [1.54, 1.807) is 18.2 Å². The molecule has 0 saturated heterocycles. The van der Waals surface area contributed by atoms with Crippen LogP contribution in [-0.4, -0.2) is 23.3 Å². The second kappa shape index (κ2) is 18.2. The van der Waals surface area contributed by atoms with E-state index in [4.69, 9.17) is 0 Å². The number of aromatic nitrogens is 1. The number of benzene rings is 2. The average molecular weight is 544 g/mol. The third-order valence-electron chi connectivity index (χ3n) is 7.67. The fourth-order valence-electron chi connectivity index (χ4n) is 5.28. The molecule has 1 atom stereocenters. The molecule has 0 aliphatic rings. The number of hydrogen-bond acceptors (Lipinski definition) is 3. The van der Waals surface area contributed by atoms with Gasteiger partial charge >= 0.3 is 0 Å². The number of carbonyl (C=O) groups is 2. The van der Waals surface area contributed by atoms with Crippen molar-refractivity contribution in [2.24, 2.45) is 0 Å². The molecule has 2 N–H and O–H groups in total. The molecule has 0 fully saturated rings. The van der Waals surface area contributed by atoms with E-state index >= 15 is 0 Å². The summed E-state index contributed by atoms with van der Waals surface area (Å²) in [6.07, 6.45) is 18.3. The summed E-state index contributed by atoms with van der Waals surface area (Å²) in [6.45, 7) is 4.87. The second-order valence-corrected chi connectivity index (χ2v) is 11.0. The van der Waals surface area contributed by atoms with Gasteiger partial charge in [-0.1, -0.05) is 139 Å². The van der Waals surface area contributed by atoms with Crippen LogP contribution in [-0.2, 0) is 0 Å². The van der Waals surface area contributed by atoms with Crippen molar-refractivity contribution in [3.8, 4) is 0 Å². The van der Waals surface area contributed by atoms with E-state index in [9.17, 15) is 9.59 Å². The van der Waals surface area contributed by atoms with E-state index < -0.39 is 0 Å². The minimum atomic E-state index is -0.290. The van der Waals surface area contributed by atoms with Gasteiger partial charge in [0.05, 0.1) is 6.04 Å². The Bertz CT molecular complexity index is 1170. The van der Waals surface area contributed by atoms with Gasteiger partial charge in [-0.3, -0.25) is 9.59 Å². The summed E-state index contributed by atoms with van der Waals surface area (Å²) < 4.78 is 0. The largest absolute Gasteiger partial charge is 0.351 e. The van der Waals surface area contributed by atoms with Crippen LogP contribution in [0.1, 0.15) is 136 Å². The van der Waals surface area contributed by atoms with Gasteiger partial charge < -0.3 is 10.6 Å². The lowest BCUT2D eigenvalue weighted by Crippen LogP contribution is -2.29. The standard InChI is InChI=1S/C35H49N3O2/c1-3-4-5-6-7-8-9-10-11-12-13-14-15-18-27-36-34(39)32-25-20-26-33(38-32)35(40)37-28(2)30-24-19-22-29-21-16-17-23-31(29)30/h16-17,19-26,28H,3-15,18,27H2,1-2H3,(H,36,39)(H,37,40)/t28-/m1/s1. The number of fused-ring (bicyclic) bond motifs is 1. The van der Waals surface area contributed by atoms with Gasteiger partial charge in [-0.25, -0.2) is 4.98 Å². The van der Waals surface area contributed by atoms with E-state index in [1.165, 1.54) is 77.0 Å². The fraction of sp³-hybridized carbons (Fsp3) is 0.514. The Hall–Kier alpha value is -3.21. The SMILES string of the molecule is CCCCCCCCCCCCCCCCNC(=O)c1cccc(C(=O)N[C@H](C)c2cccc3ccccc23)n1. The van der Waals surface area contributed by atoms with E-state index in [1.807, 2.05) is 31.2 Å². The fourth-order valence-corrected chi connectivity index (χ4v) is 5.28. The number of amides is 2. The van der Waals surface area contributed by atoms with Crippen molar-refractivity contribution < 1.29 is 9.59 Å². The van der Waals surface area contributed by atoms with Crippen molar-refractivity contribution in [3.05, 3.63) is 77.6 Å². The number of nitrogens with one attached hydrogen (secondary N) is 2. The lowest BCUT2D eigenvalue weighted by atomic mass is 9.99. The molecule has 2 amide bonds. The van der Waals surface area contributed by atoms with Crippen molar-refractivity contribution in [1.82, 2.24) is 15.6 Å². The first-order chi connectivity index (χ1) is 19.6. The van der Waals surface area contributed by atoms with Crippen LogP contribution in [0.4, 0.5) is 0 Å². The molecule has 40 heavy (non-hydrogen) atoms. The molecular weight excluding hydrogens is 494 g/mol. The number of pyridine rings is 1. The number of unbranched alkanes of at least 4 members (excludes halogenated alkanes) is 13. The molecule has 0 radical (unpaired) electrons. The van der Waals surface area contributed by atoms with Crippen LogP contribution >= 0.6 is 0 Å². The summed E-state index contributed by atoms with van der Waals surface area (Å²) in [5, 5.41) is 8.25. The first-order valence-electron chi connectivity index (χ1n) is 15.6. The van der Waals surface area contributed by atoms with Crippen LogP contribution in [0.25, 0.3) is 10.8 Å². The average Bonchev–Trinajstić information content (AvgIpc) is 2.98. The molecule has 2 aromatic carbocycles. The Labute approximate surface area is 241 Å². The minimum absolute atomic E-state index is 0.196. The van der Waals surface area contributed by atoms with Crippen LogP contribution in [0.2, 0.25) is 0 Å². The van der Waals surface area contributed by atoms with E-state index in [2.05, 4.69) is 40.7 Å². The third kappa shape index (κ3) is 10.7. The first-order valence-corrected chi connectivity index (χ1v) is 15.6. The van der Waals surface area contributed by atoms with E-state index in [0.717, 1.165) is 29.2 Å². The van der Waals surface area contributed by atoms with Crippen molar-refractivity contribution in [3.63, 3.8) is 0 Å². The predicted octanol–water partition coefficient (Wildman–Crippen LogP) is 8.94. The molecule has 0 saturated carbocycles. The Morgan fingerprint density at radius 1 is 0.650 bits per heavy atom. The van der Waals surface area contributed by atoms with Crippen LogP contribution in [0.5, 0.6) is 0 Å². The molecule has 216 valence electrons. The maximum absolute atomic E-state index is 12.9. The molecule has 5 heteroatoms. The number of nitrogens with zero attached hydrogens (tertiary/aromatic N) is 1. The van der Waals surface area contributed by atoms with Gasteiger partial charge in [0.25, 0.3) is 11.8 Å². The van der Waals surface area contributed by atoms with Gasteiger partial charge in [-0.15, -0.1) is 0 Å². The monoisotopic (exact) mass is 543 g/mol. The molecule has 1 heterocycles. The van der Waals surface area contributed by atoms with Crippen LogP contribution in [0, 0.1) is 0 Å². The van der Waals surface area contributed by atoms with Crippen LogP contribution < -0.4 is 10.6 Å². The molecule has 0 bridgehead atoms. The van der Waals surface area contributed by atoms with Crippen molar-refractivity contribution in [2.75, 3.05) is 6.54 Å². The summed E-state index contributed by atoms with van der Waals surface area (Å²) in [5.74, 6) is -0.520. The predicted molar refractivity (Wildman–Crippen MR) is 167 cm³/mol. The maximum Gasteiger partial charge on any atom is 0.270 e. The lowest BCUT2D eigenvalue weighted by molar-refractivity contribution is 0.0934. The highest BCUT2D eigenvalue weighted by atomic mass is 16.2. The molecular formula is C35H49N3O2. The normalized spacial score (nSPS) is 11.8. The minimum Gasteiger partial charge on any atom is -0.351 e. The molecule has 3 rings (SSSR count). The van der Waals surface area contributed by atoms with Crippen molar-refractivity contribution in [1.29, 1.82) is 0 Å². The summed E-state index contributed by atoms with van der Waals surface area (Å²) in [5.41, 5.74) is 1.57. The van der Waals surface area contributed by atoms with Crippen molar-refractivity contribution >= 4 is 22.6 Å². The quantitative estimate of drug-likeness (QED) is 0.148. The van der Waals surface area contributed by atoms with Crippen LogP contribution in [0.3, 0.4) is 0 Å². The highest BCUT2D eigenvalue weighted by Crippen LogP contribution is 2.24. The topological polar surface area (TPSA) is 71.1 Å². The second-order valence-electron chi connectivity index (χ2n) is 11.0. The van der Waals surface area contributed by atoms with Gasteiger partial charge in [-0.05, 0) is 41.8 Å². The summed E-state index contributed by atoms with van der Waals surface area (Å²) >= 11 is 0. The molecule has 0 aliphatic carbocycles. The van der Waals surface area contributed by atoms with Gasteiger partial charge in [0.1, 0.15) is 11.4 Å². The summed E-state index contributed by atoms with van der Waals surface area (Å²) in [7, 11) is 0. The smallest absolute Gasteiger partial charge is 0.270 e. The first kappa shape index (κ1) is 31.3. The molecule has 0 spiro atoms. The molecule has 3 aromatic rings. The molecule has 0 aliphatic heterocycles. The van der Waals surface area contributed by atoms with Crippen LogP contribution in [0.15, 0.2) is 60.7 Å². The van der Waals surface area contributed by atoms with Gasteiger partial charge in [0, 0.05) is 6.54 Å². The zero-order chi connectivity index (χ0) is 28.4. The lowest BCUT2D eigenvalue weighted by Gasteiger charge is -2.16. The number of rotatable bonds is 19. The third-order valence-corrected chi connectivity index (χ3v) is 7.67. The van der Waals surface area contributed by atoms with Gasteiger partial charge in [-0.2, -0.15) is 0 Å². The van der Waals surface area contributed by atoms with Gasteiger partial charge in [0.2, 0.25) is 0 Å². The Balaban J connectivity index is 1.30. The number of hydrogen-bond donors (Lipinski definition) is 2. The highest BCUT2D eigenvalue weighted by Gasteiger charge is 2.16.